The molecule has 4 rings (SSSR count). The third-order valence-electron chi connectivity index (χ3n) is 14.7. The quantitative estimate of drug-likeness (QED) is 0.144. The molecule has 0 aromatic carbocycles. The number of hydrogen-bond donors (Lipinski definition) is 2. The lowest BCUT2D eigenvalue weighted by Gasteiger charge is -2.42. The molecule has 72 heavy (non-hydrogen) atoms. The number of piperidine rings is 1. The maximum absolute atomic E-state index is 14.7. The normalized spacial score (nSPS) is 43.2. The largest absolute Gasteiger partial charge is 0.497 e. The van der Waals surface area contributed by atoms with Gasteiger partial charge >= 0.3 is 11.5 Å². The van der Waals surface area contributed by atoms with Gasteiger partial charge in [-0.15, -0.1) is 0 Å². The second kappa shape index (κ2) is 26.8. The number of methoxy groups -OCH3 is 3. The number of hydrogen-bond acceptors (Lipinski definition) is 14. The Balaban J connectivity index is 1.80. The molecule has 3 heterocycles. The fraction of sp³-hybridized carbons (Fsp3) is 0.755. The molecule has 2 N–H and O–H groups in total. The van der Waals surface area contributed by atoms with Crippen LogP contribution in [-0.4, -0.2) is 140 Å². The van der Waals surface area contributed by atoms with E-state index in [9.17, 15) is 58.5 Å². The molecule has 0 aromatic heterocycles. The maximum atomic E-state index is 14.7. The molecule has 3 fully saturated rings. The van der Waals surface area contributed by atoms with Crippen molar-refractivity contribution < 1.29 is 84.9 Å². The first kappa shape index (κ1) is 54.7. The predicted octanol–water partition coefficient (Wildman–Crippen LogP) is 7.51. The number of halogens is 3. The van der Waals surface area contributed by atoms with Crippen molar-refractivity contribution in [2.45, 2.75) is 191 Å². The van der Waals surface area contributed by atoms with E-state index in [1.165, 1.54) is 41.9 Å². The second-order valence-corrected chi connectivity index (χ2v) is 22.2. The maximum Gasteiger partial charge on any atom is 0.497 e. The Morgan fingerprint density at radius 2 is 1.60 bits per heavy atom. The summed E-state index contributed by atoms with van der Waals surface area (Å²) in [7, 11) is -2.35. The van der Waals surface area contributed by atoms with Crippen LogP contribution in [0.15, 0.2) is 47.6 Å². The minimum atomic E-state index is -6.05. The van der Waals surface area contributed by atoms with Gasteiger partial charge in [-0.1, -0.05) is 71.1 Å². The van der Waals surface area contributed by atoms with Crippen molar-refractivity contribution in [2.75, 3.05) is 27.9 Å². The molecular weight excluding hydrogens is 964 g/mol. The molecule has 408 valence electrons. The number of ether oxygens (including phenoxy) is 5. The highest BCUT2D eigenvalue weighted by atomic mass is 32.2. The van der Waals surface area contributed by atoms with Crippen LogP contribution in [0.25, 0.3) is 0 Å². The van der Waals surface area contributed by atoms with Crippen molar-refractivity contribution >= 4 is 39.1 Å². The molecule has 2 saturated heterocycles. The number of carbonyl (C=O) groups is 5. The first-order valence-corrected chi connectivity index (χ1v) is 26.4. The standard InChI is InChI=1S/C53H80F3NO14S/c1-31-17-13-11-12-14-18-32(2)42(67-8)29-39-22-20-37(7)52(64,71-39)49(61)50(62)57-24-16-15-19-40(57)51(63)70-43(30-41(58)33(3)26-36(6)47(60)48(69-10)46(59)35(5)25-31)34(4)27-38-21-23-45(44(28-38)68-9)72(65,66)53(54,55)56/h11-14,18,26,31,33-35,37-40,42-45,47-48,60,64H,15-17,19-25,27-30H2,1-10H3/b13-11-,14-12-,32-18-,36-26-/t31-,33-,34-,35-,37-,38+,39+,40+,42+,43+,44-,45+,47-,48+,52-/m1/s1/i33T,37T,40T,45T. The molecule has 15 atom stereocenters. The predicted molar refractivity (Wildman–Crippen MR) is 263 cm³/mol. The van der Waals surface area contributed by atoms with Gasteiger partial charge in [0.2, 0.25) is 5.79 Å². The lowest BCUT2D eigenvalue weighted by atomic mass is 9.79. The number of ketones is 3. The van der Waals surface area contributed by atoms with Crippen molar-refractivity contribution in [3.63, 3.8) is 0 Å². The monoisotopic (exact) mass is 1050 g/mol. The lowest BCUT2D eigenvalue weighted by Crippen LogP contribution is -2.61. The Labute approximate surface area is 429 Å². The Hall–Kier alpha value is -3.59. The summed E-state index contributed by atoms with van der Waals surface area (Å²) in [4.78, 5) is 72.3. The number of amides is 1. The number of esters is 1. The van der Waals surface area contributed by atoms with Gasteiger partial charge in [0.1, 0.15) is 30.1 Å². The summed E-state index contributed by atoms with van der Waals surface area (Å²) in [5.74, 6) is -15.4. The van der Waals surface area contributed by atoms with Gasteiger partial charge in [-0.2, -0.15) is 13.2 Å². The number of cyclic esters (lactones) is 1. The van der Waals surface area contributed by atoms with Crippen LogP contribution in [0.4, 0.5) is 13.2 Å². The highest BCUT2D eigenvalue weighted by molar-refractivity contribution is 7.92. The van der Waals surface area contributed by atoms with Gasteiger partial charge in [0, 0.05) is 61.2 Å². The molecule has 1 aliphatic carbocycles. The van der Waals surface area contributed by atoms with Crippen LogP contribution in [0.2, 0.25) is 0 Å². The number of carbonyl (C=O) groups excluding carboxylic acids is 5. The third kappa shape index (κ3) is 15.3. The molecular formula is C53H80F3NO14S. The van der Waals surface area contributed by atoms with E-state index in [0.717, 1.165) is 18.8 Å². The van der Waals surface area contributed by atoms with Gasteiger partial charge in [0.25, 0.3) is 21.5 Å². The summed E-state index contributed by atoms with van der Waals surface area (Å²) in [6.45, 7) is 10.5. The van der Waals surface area contributed by atoms with Crippen LogP contribution in [0.1, 0.15) is 137 Å². The molecule has 0 spiro atoms. The van der Waals surface area contributed by atoms with Crippen molar-refractivity contribution in [3.8, 4) is 0 Å². The smallest absolute Gasteiger partial charge is 0.460 e. The average Bonchev–Trinajstić information content (AvgIpc) is 3.34. The molecule has 1 amide bonds. The number of fused-ring (bicyclic) bond motifs is 3. The molecule has 0 aromatic rings. The number of aliphatic hydroxyl groups excluding tert-OH is 1. The van der Waals surface area contributed by atoms with E-state index >= 15 is 0 Å². The topological polar surface area (TPSA) is 209 Å². The molecule has 0 radical (unpaired) electrons. The number of Topliss-reactive ketones (excluding diaryl/α,β-unsaturated/α-hetero) is 3. The summed E-state index contributed by atoms with van der Waals surface area (Å²) < 4.78 is 132. The summed E-state index contributed by atoms with van der Waals surface area (Å²) in [6.07, 6.45) is 1.49. The number of sulfone groups is 1. The highest BCUT2D eigenvalue weighted by Crippen LogP contribution is 2.41. The zero-order valence-electron chi connectivity index (χ0n) is 47.4. The average molecular weight is 1050 g/mol. The van der Waals surface area contributed by atoms with Gasteiger partial charge in [-0.3, -0.25) is 19.2 Å². The Morgan fingerprint density at radius 1 is 0.903 bits per heavy atom. The van der Waals surface area contributed by atoms with Crippen molar-refractivity contribution in [1.82, 2.24) is 4.90 Å². The van der Waals surface area contributed by atoms with E-state index in [2.05, 4.69) is 0 Å². The van der Waals surface area contributed by atoms with E-state index in [4.69, 9.17) is 26.4 Å². The molecule has 0 unspecified atom stereocenters. The van der Waals surface area contributed by atoms with Crippen LogP contribution in [0, 0.1) is 35.5 Å². The Bertz CT molecular complexity index is 2350. The number of alkyl halides is 3. The van der Waals surface area contributed by atoms with Gasteiger partial charge in [0.15, 0.2) is 5.78 Å². The Kier molecular flexibility index (Phi) is 20.3. The molecule has 1 saturated carbocycles. The van der Waals surface area contributed by atoms with Crippen molar-refractivity contribution in [2.24, 2.45) is 35.5 Å². The molecule has 15 nitrogen and oxygen atoms in total. The number of nitrogens with zero attached hydrogens (tertiary/aromatic N) is 1. The molecule has 2 bridgehead atoms. The fourth-order valence-electron chi connectivity index (χ4n) is 10.2. The lowest BCUT2D eigenvalue weighted by molar-refractivity contribution is -0.265. The fourth-order valence-corrected chi connectivity index (χ4v) is 11.4. The van der Waals surface area contributed by atoms with Crippen molar-refractivity contribution in [3.05, 3.63) is 47.6 Å². The van der Waals surface area contributed by atoms with Crippen LogP contribution in [-0.2, 0) is 57.5 Å². The molecule has 3 aliphatic heterocycles. The van der Waals surface area contributed by atoms with Crippen LogP contribution in [0.3, 0.4) is 0 Å². The number of allylic oxidation sites excluding steroid dienone is 6. The van der Waals surface area contributed by atoms with E-state index < -0.39 is 147 Å². The SMILES string of the molecule is [3H][C@@]12CCCCN1C(=O)C(=O)[C@]1(O)O[C@@H](CC[C@@]1([3H])C)C[C@H](OC)\C(C)=C/C=C\C=C/C[C@@H](C)C[C@@H](C)C(=O)[C@H](OC)[C@H](O)/C(C)=C\[C@@]([3H])(C)C(=O)C[C@@H]([C@H](C)C[C@@H]1CC[C@]([3H])(S(=O)(=O)C(F)(F)F)[C@H](OC)C1)OC2=O. The van der Waals surface area contributed by atoms with E-state index in [1.807, 2.05) is 38.2 Å². The third-order valence-corrected chi connectivity index (χ3v) is 16.4. The zero-order valence-corrected chi connectivity index (χ0v) is 44.2. The first-order chi connectivity index (χ1) is 35.1. The zero-order chi connectivity index (χ0) is 57.6. The van der Waals surface area contributed by atoms with Crippen LogP contribution < -0.4 is 0 Å². The summed E-state index contributed by atoms with van der Waals surface area (Å²) >= 11 is 0. The summed E-state index contributed by atoms with van der Waals surface area (Å²) in [5.41, 5.74) is -4.99. The highest BCUT2D eigenvalue weighted by Gasteiger charge is 2.55. The van der Waals surface area contributed by atoms with E-state index in [0.29, 0.717) is 17.7 Å². The first-order valence-electron chi connectivity index (χ1n) is 26.9. The minimum Gasteiger partial charge on any atom is -0.460 e. The summed E-state index contributed by atoms with van der Waals surface area (Å²) in [6, 6.07) is -2.68. The van der Waals surface area contributed by atoms with Gasteiger partial charge in [-0.25, -0.2) is 13.2 Å². The van der Waals surface area contributed by atoms with Crippen LogP contribution in [0.5, 0.6) is 0 Å². The van der Waals surface area contributed by atoms with Crippen LogP contribution >= 0.6 is 0 Å². The summed E-state index contributed by atoms with van der Waals surface area (Å²) in [5, 5.41) is 20.5. The Morgan fingerprint density at radius 3 is 2.24 bits per heavy atom. The molecule has 4 aliphatic rings. The van der Waals surface area contributed by atoms with Gasteiger partial charge < -0.3 is 38.8 Å². The number of rotatable bonds is 7. The number of aliphatic hydroxyl groups is 2. The van der Waals surface area contributed by atoms with Crippen molar-refractivity contribution in [1.29, 1.82) is 0 Å². The molecule has 19 heteroatoms. The van der Waals surface area contributed by atoms with E-state index in [-0.39, 0.29) is 69.4 Å². The van der Waals surface area contributed by atoms with Gasteiger partial charge in [-0.05, 0) is 113 Å². The van der Waals surface area contributed by atoms with Gasteiger partial charge in [0.05, 0.1) is 26.3 Å². The van der Waals surface area contributed by atoms with E-state index in [1.54, 1.807) is 13.0 Å². The minimum absolute atomic E-state index is 0.0215. The second-order valence-electron chi connectivity index (χ2n) is 20.2.